The van der Waals surface area contributed by atoms with Gasteiger partial charge in [0.1, 0.15) is 0 Å². The summed E-state index contributed by atoms with van der Waals surface area (Å²) in [4.78, 5) is 19.1. The van der Waals surface area contributed by atoms with E-state index in [1.807, 2.05) is 0 Å². The minimum atomic E-state index is -1.45. The van der Waals surface area contributed by atoms with E-state index in [0.29, 0.717) is 0 Å². The topological polar surface area (TPSA) is 149 Å². The Morgan fingerprint density at radius 1 is 0.875 bits per heavy atom. The molecule has 0 radical (unpaired) electrons. The van der Waals surface area contributed by atoms with E-state index in [-0.39, 0.29) is 19.5 Å². The fraction of sp³-hybridized carbons (Fsp3) is 0.286. The van der Waals surface area contributed by atoms with Crippen molar-refractivity contribution in [2.24, 2.45) is 0 Å². The molecule has 0 atom stereocenters. The van der Waals surface area contributed by atoms with Crippen LogP contribution in [-0.4, -0.2) is 25.2 Å². The summed E-state index contributed by atoms with van der Waals surface area (Å²) < 4.78 is 26.5. The molecule has 0 heterocycles. The minimum Gasteiger partial charge on any atom is 2.00 e. The summed E-state index contributed by atoms with van der Waals surface area (Å²) in [5, 5.41) is 19.1. The third kappa shape index (κ3) is 78.1. The molecule has 16 heavy (non-hydrogen) atoms. The van der Waals surface area contributed by atoms with E-state index in [0.717, 1.165) is 0 Å². The normalized spacial score (nSPS) is 5.38. The largest absolute Gasteiger partial charge is 2.00 e. The van der Waals surface area contributed by atoms with E-state index in [1.54, 1.807) is 0 Å². The molecular formula is C7H4O8Ru. The molecule has 0 saturated heterocycles. The molecule has 0 spiro atoms. The maximum atomic E-state index is 9.53. The Hall–Kier alpha value is -1.26. The van der Waals surface area contributed by atoms with Crippen molar-refractivity contribution in [3.05, 3.63) is 20.0 Å². The smallest absolute Gasteiger partial charge is 2.00 e. The molecule has 0 aliphatic rings. The summed E-state index contributed by atoms with van der Waals surface area (Å²) in [7, 11) is 0. The van der Waals surface area contributed by atoms with E-state index < -0.39 is 25.2 Å². The molecule has 9 heteroatoms. The maximum Gasteiger partial charge on any atom is 2.00 e. The van der Waals surface area contributed by atoms with Gasteiger partial charge in [-0.25, -0.2) is 0 Å². The van der Waals surface area contributed by atoms with Crippen LogP contribution in [0.4, 0.5) is 0 Å². The first-order valence-electron chi connectivity index (χ1n) is 2.71. The summed E-state index contributed by atoms with van der Waals surface area (Å²) in [5.74, 6) is -2.90. The number of rotatable bonds is 4. The van der Waals surface area contributed by atoms with Gasteiger partial charge < -0.3 is 24.5 Å². The monoisotopic (exact) mass is 318 g/mol. The SMILES string of the molecule is O=C([O-])COCC(=O)[O-].[C-]#[O+].[C-]#[O+].[C-]#[O+].[Ru+2]. The fourth-order valence-corrected chi connectivity index (χ4v) is 0.218. The molecule has 0 aromatic carbocycles. The molecular weight excluding hydrogens is 313 g/mol. The molecule has 0 aromatic heterocycles. The van der Waals surface area contributed by atoms with Crippen LogP contribution in [0.3, 0.4) is 0 Å². The van der Waals surface area contributed by atoms with Crippen LogP contribution in [0.1, 0.15) is 0 Å². The van der Waals surface area contributed by atoms with Gasteiger partial charge in [-0.2, -0.15) is 0 Å². The fourth-order valence-electron chi connectivity index (χ4n) is 0.218. The summed E-state index contributed by atoms with van der Waals surface area (Å²) >= 11 is 0. The van der Waals surface area contributed by atoms with E-state index >= 15 is 0 Å². The molecule has 0 aliphatic carbocycles. The minimum absolute atomic E-state index is 0. The van der Waals surface area contributed by atoms with Crippen molar-refractivity contribution in [1.29, 1.82) is 0 Å². The molecule has 0 saturated carbocycles. The van der Waals surface area contributed by atoms with E-state index in [4.69, 9.17) is 14.0 Å². The molecule has 0 rings (SSSR count). The molecule has 0 N–H and O–H groups in total. The number of carbonyl (C=O) groups is 2. The zero-order chi connectivity index (χ0) is 13.3. The quantitative estimate of drug-likeness (QED) is 0.298. The van der Waals surface area contributed by atoms with Crippen LogP contribution < -0.4 is 10.2 Å². The number of aliphatic carboxylic acids is 2. The predicted molar refractivity (Wildman–Crippen MR) is 32.6 cm³/mol. The van der Waals surface area contributed by atoms with Crippen LogP contribution in [0.25, 0.3) is 0 Å². The summed E-state index contributed by atoms with van der Waals surface area (Å²) in [5.41, 5.74) is 0. The summed E-state index contributed by atoms with van der Waals surface area (Å²) in [6.45, 7) is 12.1. The van der Waals surface area contributed by atoms with E-state index in [2.05, 4.69) is 24.7 Å². The third-order valence-corrected chi connectivity index (χ3v) is 0.440. The van der Waals surface area contributed by atoms with Crippen molar-refractivity contribution in [3.8, 4) is 0 Å². The van der Waals surface area contributed by atoms with Crippen LogP contribution in [0, 0.1) is 20.0 Å². The molecule has 0 bridgehead atoms. The zero-order valence-corrected chi connectivity index (χ0v) is 9.27. The first-order valence-corrected chi connectivity index (χ1v) is 2.71. The van der Waals surface area contributed by atoms with Crippen molar-refractivity contribution < 1.29 is 58.0 Å². The van der Waals surface area contributed by atoms with Gasteiger partial charge in [0.15, 0.2) is 0 Å². The Morgan fingerprint density at radius 2 is 1.06 bits per heavy atom. The van der Waals surface area contributed by atoms with Crippen molar-refractivity contribution in [2.45, 2.75) is 0 Å². The Labute approximate surface area is 103 Å². The first kappa shape index (κ1) is 29.3. The van der Waals surface area contributed by atoms with Gasteiger partial charge in [-0.1, -0.05) is 0 Å². The molecule has 0 amide bonds. The number of hydrogen-bond acceptors (Lipinski definition) is 5. The molecule has 0 aliphatic heterocycles. The van der Waals surface area contributed by atoms with E-state index in [9.17, 15) is 19.8 Å². The van der Waals surface area contributed by atoms with Gasteiger partial charge in [-0.3, -0.25) is 0 Å². The maximum absolute atomic E-state index is 9.53. The third-order valence-electron chi connectivity index (χ3n) is 0.440. The number of ether oxygens (including phenoxy) is 1. The van der Waals surface area contributed by atoms with Crippen LogP contribution in [0.15, 0.2) is 0 Å². The van der Waals surface area contributed by atoms with Crippen LogP contribution in [0.5, 0.6) is 0 Å². The molecule has 88 valence electrons. The van der Waals surface area contributed by atoms with Crippen LogP contribution >= 0.6 is 0 Å². The molecule has 0 aromatic rings. The van der Waals surface area contributed by atoms with Crippen LogP contribution in [-0.2, 0) is 47.8 Å². The number of carboxylic acid groups (broad SMARTS) is 2. The van der Waals surface area contributed by atoms with Crippen molar-refractivity contribution in [1.82, 2.24) is 0 Å². The number of carboxylic acids is 2. The van der Waals surface area contributed by atoms with Gasteiger partial charge in [0, 0.05) is 0 Å². The average Bonchev–Trinajstić information content (AvgIpc) is 2.25. The van der Waals surface area contributed by atoms with Gasteiger partial charge in [0.05, 0.1) is 25.2 Å². The zero-order valence-electron chi connectivity index (χ0n) is 7.53. The van der Waals surface area contributed by atoms with Gasteiger partial charge in [0.2, 0.25) is 0 Å². The van der Waals surface area contributed by atoms with Gasteiger partial charge in [-0.05, 0) is 0 Å². The summed E-state index contributed by atoms with van der Waals surface area (Å²) in [6.07, 6.45) is 0. The van der Waals surface area contributed by atoms with Gasteiger partial charge in [-0.15, -0.1) is 0 Å². The van der Waals surface area contributed by atoms with Crippen molar-refractivity contribution in [3.63, 3.8) is 0 Å². The van der Waals surface area contributed by atoms with E-state index in [1.165, 1.54) is 0 Å². The van der Waals surface area contributed by atoms with Gasteiger partial charge >= 0.3 is 53.4 Å². The second-order valence-corrected chi connectivity index (χ2v) is 1.24. The Balaban J connectivity index is -0.0000000498. The Bertz CT molecular complexity index is 190. The standard InChI is InChI=1S/C4H6O5.3CO.Ru/c5-3(6)1-9-2-4(7)8;3*1-2;/h1-2H2,(H,5,6)(H,7,8);;;;/q;;;;+2/p-2. The number of hydrogen-bond donors (Lipinski definition) is 0. The molecule has 8 nitrogen and oxygen atoms in total. The number of carbonyl (C=O) groups excluding carboxylic acids is 2. The second-order valence-electron chi connectivity index (χ2n) is 1.24. The van der Waals surface area contributed by atoms with Crippen molar-refractivity contribution >= 4 is 11.9 Å². The molecule has 0 fully saturated rings. The predicted octanol–water partition coefficient (Wildman–Crippen LogP) is -3.61. The van der Waals surface area contributed by atoms with Gasteiger partial charge in [0.25, 0.3) is 0 Å². The van der Waals surface area contributed by atoms with Crippen molar-refractivity contribution in [2.75, 3.05) is 13.2 Å². The first-order chi connectivity index (χ1) is 7.13. The Kier molecular flexibility index (Phi) is 68.2. The Morgan fingerprint density at radius 3 is 1.19 bits per heavy atom. The molecule has 0 unspecified atom stereocenters. The average molecular weight is 317 g/mol. The summed E-state index contributed by atoms with van der Waals surface area (Å²) in [6, 6.07) is 0. The second kappa shape index (κ2) is 37.2. The van der Waals surface area contributed by atoms with Crippen LogP contribution in [0.2, 0.25) is 0 Å².